The Kier molecular flexibility index (Phi) is 6.19. The number of ether oxygens (including phenoxy) is 1. The summed E-state index contributed by atoms with van der Waals surface area (Å²) in [7, 11) is -3.38. The smallest absolute Gasteiger partial charge is 0.250 e. The second-order valence-electron chi connectivity index (χ2n) is 5.72. The van der Waals surface area contributed by atoms with Gasteiger partial charge in [0.25, 0.3) is 0 Å². The number of sulfonamides is 1. The predicted octanol–water partition coefficient (Wildman–Crippen LogP) is 1.77. The van der Waals surface area contributed by atoms with Crippen molar-refractivity contribution in [3.05, 3.63) is 17.5 Å². The number of rotatable bonds is 7. The van der Waals surface area contributed by atoms with E-state index in [-0.39, 0.29) is 6.04 Å². The maximum absolute atomic E-state index is 12.2. The highest BCUT2D eigenvalue weighted by Gasteiger charge is 2.24. The second kappa shape index (κ2) is 7.69. The Hall–Kier alpha value is -0.470. The first-order chi connectivity index (χ1) is 9.99. The number of hydrogen-bond acceptors (Lipinski definition) is 5. The topological polar surface area (TPSA) is 58.6 Å². The van der Waals surface area contributed by atoms with Gasteiger partial charge < -0.3 is 4.74 Å². The average Bonchev–Trinajstić information content (AvgIpc) is 2.99. The average molecular weight is 332 g/mol. The lowest BCUT2D eigenvalue weighted by atomic mass is 10.0. The van der Waals surface area contributed by atoms with Crippen molar-refractivity contribution in [2.24, 2.45) is 5.92 Å². The van der Waals surface area contributed by atoms with E-state index in [4.69, 9.17) is 4.74 Å². The molecule has 1 aromatic rings. The van der Waals surface area contributed by atoms with E-state index >= 15 is 0 Å². The van der Waals surface area contributed by atoms with Gasteiger partial charge in [0.05, 0.1) is 13.2 Å². The van der Waals surface area contributed by atoms with Crippen LogP contribution in [0.3, 0.4) is 0 Å². The minimum atomic E-state index is -3.38. The number of nitrogens with one attached hydrogen (secondary N) is 1. The van der Waals surface area contributed by atoms with Crippen LogP contribution in [0.2, 0.25) is 0 Å². The molecule has 1 saturated heterocycles. The van der Waals surface area contributed by atoms with Crippen molar-refractivity contribution < 1.29 is 13.2 Å². The lowest BCUT2D eigenvalue weighted by Gasteiger charge is -2.35. The molecule has 0 aliphatic carbocycles. The van der Waals surface area contributed by atoms with Crippen LogP contribution in [0.5, 0.6) is 0 Å². The van der Waals surface area contributed by atoms with Gasteiger partial charge in [0, 0.05) is 25.7 Å². The van der Waals surface area contributed by atoms with Crippen molar-refractivity contribution in [1.82, 2.24) is 9.62 Å². The maximum atomic E-state index is 12.2. The third-order valence-electron chi connectivity index (χ3n) is 3.57. The molecule has 2 rings (SSSR count). The monoisotopic (exact) mass is 332 g/mol. The number of nitrogens with zero attached hydrogens (tertiary/aromatic N) is 1. The van der Waals surface area contributed by atoms with E-state index in [0.717, 1.165) is 32.7 Å². The fraction of sp³-hybridized carbons (Fsp3) is 0.714. The largest absolute Gasteiger partial charge is 0.379 e. The van der Waals surface area contributed by atoms with Gasteiger partial charge >= 0.3 is 0 Å². The molecule has 0 amide bonds. The molecule has 1 unspecified atom stereocenters. The molecule has 1 aliphatic heterocycles. The van der Waals surface area contributed by atoms with E-state index in [1.165, 1.54) is 11.3 Å². The van der Waals surface area contributed by atoms with Crippen LogP contribution in [0.15, 0.2) is 21.7 Å². The summed E-state index contributed by atoms with van der Waals surface area (Å²) in [6, 6.07) is 3.62. The molecular weight excluding hydrogens is 308 g/mol. The van der Waals surface area contributed by atoms with Crippen molar-refractivity contribution in [3.8, 4) is 0 Å². The third-order valence-corrected chi connectivity index (χ3v) is 6.40. The minimum absolute atomic E-state index is 0.226. The highest BCUT2D eigenvalue weighted by molar-refractivity contribution is 7.91. The molecule has 0 aromatic carbocycles. The van der Waals surface area contributed by atoms with Gasteiger partial charge in [-0.25, -0.2) is 13.1 Å². The molecule has 1 atom stereocenters. The SMILES string of the molecule is CC(C)CC(CNS(=O)(=O)c1cccs1)N1CCOCC1. The Balaban J connectivity index is 1.98. The molecule has 0 bridgehead atoms. The van der Waals surface area contributed by atoms with Crippen LogP contribution in [-0.2, 0) is 14.8 Å². The summed E-state index contributed by atoms with van der Waals surface area (Å²) in [5.41, 5.74) is 0. The van der Waals surface area contributed by atoms with E-state index in [1.54, 1.807) is 17.5 Å². The van der Waals surface area contributed by atoms with Crippen LogP contribution in [0.4, 0.5) is 0 Å². The second-order valence-corrected chi connectivity index (χ2v) is 8.66. The van der Waals surface area contributed by atoms with Crippen LogP contribution in [0, 0.1) is 5.92 Å². The van der Waals surface area contributed by atoms with Crippen molar-refractivity contribution in [2.75, 3.05) is 32.8 Å². The van der Waals surface area contributed by atoms with Gasteiger partial charge in [0.1, 0.15) is 4.21 Å². The molecule has 1 fully saturated rings. The summed E-state index contributed by atoms with van der Waals surface area (Å²) in [5, 5.41) is 1.78. The summed E-state index contributed by atoms with van der Waals surface area (Å²) < 4.78 is 33.0. The standard InChI is InChI=1S/C14H24N2O3S2/c1-12(2)10-13(16-5-7-19-8-6-16)11-15-21(17,18)14-4-3-9-20-14/h3-4,9,12-13,15H,5-8,10-11H2,1-2H3. The maximum Gasteiger partial charge on any atom is 0.250 e. The fourth-order valence-corrected chi connectivity index (χ4v) is 4.65. The van der Waals surface area contributed by atoms with Crippen molar-refractivity contribution in [2.45, 2.75) is 30.5 Å². The Morgan fingerprint density at radius 2 is 2.10 bits per heavy atom. The van der Waals surface area contributed by atoms with E-state index in [0.29, 0.717) is 16.7 Å². The zero-order valence-corrected chi connectivity index (χ0v) is 14.3. The van der Waals surface area contributed by atoms with Crippen LogP contribution in [0.1, 0.15) is 20.3 Å². The summed E-state index contributed by atoms with van der Waals surface area (Å²) in [5.74, 6) is 0.532. The number of hydrogen-bond donors (Lipinski definition) is 1. The summed E-state index contributed by atoms with van der Waals surface area (Å²) in [4.78, 5) is 2.33. The molecule has 1 N–H and O–H groups in total. The van der Waals surface area contributed by atoms with Crippen LogP contribution < -0.4 is 4.72 Å². The summed E-state index contributed by atoms with van der Waals surface area (Å²) >= 11 is 1.25. The van der Waals surface area contributed by atoms with Gasteiger partial charge in [-0.1, -0.05) is 19.9 Å². The summed E-state index contributed by atoms with van der Waals surface area (Å²) in [6.07, 6.45) is 0.979. The van der Waals surface area contributed by atoms with E-state index in [9.17, 15) is 8.42 Å². The Morgan fingerprint density at radius 3 is 2.67 bits per heavy atom. The Labute approximate surface area is 131 Å². The van der Waals surface area contributed by atoms with Gasteiger partial charge in [-0.05, 0) is 23.8 Å². The Bertz CT molecular complexity index is 508. The lowest BCUT2D eigenvalue weighted by molar-refractivity contribution is 0.0134. The van der Waals surface area contributed by atoms with Crippen molar-refractivity contribution in [3.63, 3.8) is 0 Å². The molecular formula is C14H24N2O3S2. The molecule has 0 radical (unpaired) electrons. The van der Waals surface area contributed by atoms with Gasteiger partial charge in [-0.15, -0.1) is 11.3 Å². The quantitative estimate of drug-likeness (QED) is 0.827. The molecule has 5 nitrogen and oxygen atoms in total. The molecule has 1 aliphatic rings. The summed E-state index contributed by atoms with van der Waals surface area (Å²) in [6.45, 7) is 8.00. The first kappa shape index (κ1) is 16.9. The molecule has 1 aromatic heterocycles. The van der Waals surface area contributed by atoms with Crippen LogP contribution >= 0.6 is 11.3 Å². The molecule has 7 heteroatoms. The highest BCUT2D eigenvalue weighted by Crippen LogP contribution is 2.17. The van der Waals surface area contributed by atoms with E-state index < -0.39 is 10.0 Å². The first-order valence-corrected chi connectivity index (χ1v) is 9.70. The van der Waals surface area contributed by atoms with Gasteiger partial charge in [-0.3, -0.25) is 4.90 Å². The fourth-order valence-electron chi connectivity index (χ4n) is 2.54. The van der Waals surface area contributed by atoms with Gasteiger partial charge in [-0.2, -0.15) is 0 Å². The molecule has 120 valence electrons. The molecule has 0 saturated carbocycles. The Morgan fingerprint density at radius 1 is 1.38 bits per heavy atom. The molecule has 0 spiro atoms. The van der Waals surface area contributed by atoms with Crippen LogP contribution in [0.25, 0.3) is 0 Å². The lowest BCUT2D eigenvalue weighted by Crippen LogP contribution is -2.49. The molecule has 21 heavy (non-hydrogen) atoms. The van der Waals surface area contributed by atoms with Gasteiger partial charge in [0.15, 0.2) is 0 Å². The highest BCUT2D eigenvalue weighted by atomic mass is 32.2. The molecule has 2 heterocycles. The third kappa shape index (κ3) is 5.03. The van der Waals surface area contributed by atoms with Gasteiger partial charge in [0.2, 0.25) is 10.0 Å². The van der Waals surface area contributed by atoms with E-state index in [2.05, 4.69) is 23.5 Å². The minimum Gasteiger partial charge on any atom is -0.379 e. The van der Waals surface area contributed by atoms with Crippen molar-refractivity contribution >= 4 is 21.4 Å². The zero-order valence-electron chi connectivity index (χ0n) is 12.6. The van der Waals surface area contributed by atoms with Crippen molar-refractivity contribution in [1.29, 1.82) is 0 Å². The normalized spacial score (nSPS) is 19.0. The number of morpholine rings is 1. The van der Waals surface area contributed by atoms with Crippen LogP contribution in [-0.4, -0.2) is 52.2 Å². The predicted molar refractivity (Wildman–Crippen MR) is 85.1 cm³/mol. The zero-order chi connectivity index (χ0) is 15.3. The first-order valence-electron chi connectivity index (χ1n) is 7.34. The van der Waals surface area contributed by atoms with E-state index in [1.807, 2.05) is 0 Å². The number of thiophene rings is 1.